The van der Waals surface area contributed by atoms with Crippen LogP contribution < -0.4 is 5.32 Å². The lowest BCUT2D eigenvalue weighted by Gasteiger charge is -2.29. The Labute approximate surface area is 208 Å². The van der Waals surface area contributed by atoms with Crippen LogP contribution in [0.25, 0.3) is 33.6 Å². The highest BCUT2D eigenvalue weighted by Gasteiger charge is 2.39. The van der Waals surface area contributed by atoms with E-state index in [0.29, 0.717) is 18.5 Å². The molecule has 0 spiro atoms. The van der Waals surface area contributed by atoms with Crippen molar-refractivity contribution in [2.45, 2.75) is 25.4 Å². The predicted octanol–water partition coefficient (Wildman–Crippen LogP) is 4.18. The van der Waals surface area contributed by atoms with Crippen molar-refractivity contribution < 1.29 is 14.4 Å². The maximum Gasteiger partial charge on any atom is 0.255 e. The number of rotatable bonds is 4. The van der Waals surface area contributed by atoms with Crippen molar-refractivity contribution in [2.24, 2.45) is 7.05 Å². The van der Waals surface area contributed by atoms with E-state index in [1.807, 2.05) is 54.1 Å². The van der Waals surface area contributed by atoms with E-state index < -0.39 is 11.9 Å². The molecule has 4 aromatic rings. The molecule has 3 heterocycles. The number of carbonyl (C=O) groups is 3. The molecular formula is C29H24N4O3. The third-order valence-corrected chi connectivity index (χ3v) is 6.98. The third kappa shape index (κ3) is 3.69. The van der Waals surface area contributed by atoms with Crippen LogP contribution in [0.3, 0.4) is 0 Å². The Hall–Kier alpha value is -4.52. The fourth-order valence-corrected chi connectivity index (χ4v) is 5.18. The number of piperidine rings is 1. The van der Waals surface area contributed by atoms with Crippen molar-refractivity contribution in [3.8, 4) is 33.6 Å². The Morgan fingerprint density at radius 3 is 2.44 bits per heavy atom. The number of aromatic nitrogens is 2. The molecule has 1 saturated heterocycles. The van der Waals surface area contributed by atoms with E-state index in [4.69, 9.17) is 4.98 Å². The summed E-state index contributed by atoms with van der Waals surface area (Å²) in [5.41, 5.74) is 7.49. The Bertz CT molecular complexity index is 1520. The molecule has 3 aromatic carbocycles. The van der Waals surface area contributed by atoms with Crippen molar-refractivity contribution in [1.29, 1.82) is 0 Å². The van der Waals surface area contributed by atoms with Crippen molar-refractivity contribution >= 4 is 17.7 Å². The summed E-state index contributed by atoms with van der Waals surface area (Å²) in [6.07, 6.45) is 2.38. The van der Waals surface area contributed by atoms with Gasteiger partial charge in [0.05, 0.1) is 17.7 Å². The van der Waals surface area contributed by atoms with E-state index in [9.17, 15) is 14.4 Å². The standard InChI is InChI=1S/C29H24N4O3/c1-32-17-30-26(27(32)21-9-5-8-19(14-21)18-6-3-2-4-7-18)20-10-11-23-22(15-20)16-33(29(23)36)24-12-13-25(34)31-28(24)35/h2-11,14-15,17,24H,12-13,16H2,1H3,(H,31,34,35). The monoisotopic (exact) mass is 476 g/mol. The average molecular weight is 477 g/mol. The fraction of sp³-hybridized carbons (Fsp3) is 0.172. The van der Waals surface area contributed by atoms with Crippen LogP contribution in [-0.4, -0.2) is 38.2 Å². The molecule has 1 unspecified atom stereocenters. The van der Waals surface area contributed by atoms with Gasteiger partial charge in [0, 0.05) is 36.7 Å². The first-order valence-corrected chi connectivity index (χ1v) is 11.9. The van der Waals surface area contributed by atoms with E-state index in [0.717, 1.165) is 39.2 Å². The molecule has 1 aromatic heterocycles. The number of nitrogens with zero attached hydrogens (tertiary/aromatic N) is 3. The highest BCUT2D eigenvalue weighted by molar-refractivity contribution is 6.05. The topological polar surface area (TPSA) is 84.3 Å². The number of carbonyl (C=O) groups excluding carboxylic acids is 3. The zero-order chi connectivity index (χ0) is 24.8. The molecule has 0 aliphatic carbocycles. The lowest BCUT2D eigenvalue weighted by atomic mass is 9.98. The largest absolute Gasteiger partial charge is 0.333 e. The van der Waals surface area contributed by atoms with Gasteiger partial charge in [-0.3, -0.25) is 19.7 Å². The molecule has 3 amide bonds. The molecule has 2 aliphatic rings. The molecule has 1 atom stereocenters. The molecule has 178 valence electrons. The predicted molar refractivity (Wildman–Crippen MR) is 136 cm³/mol. The van der Waals surface area contributed by atoms with Crippen molar-refractivity contribution in [3.63, 3.8) is 0 Å². The summed E-state index contributed by atoms with van der Waals surface area (Å²) in [6, 6.07) is 23.7. The first-order chi connectivity index (χ1) is 17.5. The molecule has 1 N–H and O–H groups in total. The second-order valence-electron chi connectivity index (χ2n) is 9.27. The van der Waals surface area contributed by atoms with Gasteiger partial charge in [-0.2, -0.15) is 0 Å². The number of imide groups is 1. The number of fused-ring (bicyclic) bond motifs is 1. The quantitative estimate of drug-likeness (QED) is 0.448. The Balaban J connectivity index is 1.34. The number of imidazole rings is 1. The Morgan fingerprint density at radius 1 is 0.861 bits per heavy atom. The van der Waals surface area contributed by atoms with Gasteiger partial charge in [-0.25, -0.2) is 4.98 Å². The number of nitrogens with one attached hydrogen (secondary N) is 1. The van der Waals surface area contributed by atoms with Crippen LogP contribution in [0.2, 0.25) is 0 Å². The number of amides is 3. The third-order valence-electron chi connectivity index (χ3n) is 6.98. The van der Waals surface area contributed by atoms with Gasteiger partial charge in [-0.15, -0.1) is 0 Å². The van der Waals surface area contributed by atoms with Crippen LogP contribution >= 0.6 is 0 Å². The van der Waals surface area contributed by atoms with Gasteiger partial charge in [0.1, 0.15) is 6.04 Å². The van der Waals surface area contributed by atoms with Gasteiger partial charge in [-0.1, -0.05) is 54.6 Å². The van der Waals surface area contributed by atoms with Crippen LogP contribution in [-0.2, 0) is 23.2 Å². The summed E-state index contributed by atoms with van der Waals surface area (Å²) < 4.78 is 2.01. The molecule has 7 nitrogen and oxygen atoms in total. The maximum absolute atomic E-state index is 13.1. The molecule has 0 radical (unpaired) electrons. The second kappa shape index (κ2) is 8.61. The molecule has 0 bridgehead atoms. The summed E-state index contributed by atoms with van der Waals surface area (Å²) >= 11 is 0. The smallest absolute Gasteiger partial charge is 0.255 e. The minimum Gasteiger partial charge on any atom is -0.333 e. The summed E-state index contributed by atoms with van der Waals surface area (Å²) in [4.78, 5) is 43.3. The number of hydrogen-bond acceptors (Lipinski definition) is 4. The van der Waals surface area contributed by atoms with E-state index in [1.54, 1.807) is 11.2 Å². The van der Waals surface area contributed by atoms with Crippen molar-refractivity contribution in [2.75, 3.05) is 0 Å². The molecule has 7 heteroatoms. The molecule has 2 aliphatic heterocycles. The average Bonchev–Trinajstić information content (AvgIpc) is 3.44. The highest BCUT2D eigenvalue weighted by atomic mass is 16.2. The van der Waals surface area contributed by atoms with Crippen molar-refractivity contribution in [3.05, 3.63) is 90.3 Å². The summed E-state index contributed by atoms with van der Waals surface area (Å²) in [5, 5.41) is 2.35. The van der Waals surface area contributed by atoms with Gasteiger partial charge in [0.15, 0.2) is 0 Å². The van der Waals surface area contributed by atoms with Gasteiger partial charge >= 0.3 is 0 Å². The van der Waals surface area contributed by atoms with E-state index in [2.05, 4.69) is 35.6 Å². The summed E-state index contributed by atoms with van der Waals surface area (Å²) in [5.74, 6) is -0.873. The minimum atomic E-state index is -0.628. The number of aryl methyl sites for hydroxylation is 1. The van der Waals surface area contributed by atoms with Gasteiger partial charge in [0.25, 0.3) is 5.91 Å². The Morgan fingerprint density at radius 2 is 1.64 bits per heavy atom. The van der Waals surface area contributed by atoms with E-state index in [-0.39, 0.29) is 18.2 Å². The SMILES string of the molecule is Cn1cnc(-c2ccc3c(c2)CN(C2CCC(=O)NC2=O)C3=O)c1-c1cccc(-c2ccccc2)c1. The lowest BCUT2D eigenvalue weighted by molar-refractivity contribution is -0.136. The molecule has 0 saturated carbocycles. The highest BCUT2D eigenvalue weighted by Crippen LogP contribution is 2.36. The molecule has 1 fully saturated rings. The number of benzene rings is 3. The first-order valence-electron chi connectivity index (χ1n) is 11.9. The second-order valence-corrected chi connectivity index (χ2v) is 9.27. The van der Waals surface area contributed by atoms with Crippen LogP contribution in [0.5, 0.6) is 0 Å². The Kier molecular flexibility index (Phi) is 5.25. The van der Waals surface area contributed by atoms with Crippen LogP contribution in [0.1, 0.15) is 28.8 Å². The first kappa shape index (κ1) is 22.0. The van der Waals surface area contributed by atoms with Gasteiger partial charge < -0.3 is 9.47 Å². The van der Waals surface area contributed by atoms with Crippen molar-refractivity contribution in [1.82, 2.24) is 19.8 Å². The molecule has 6 rings (SSSR count). The van der Waals surface area contributed by atoms with Crippen LogP contribution in [0.15, 0.2) is 79.1 Å². The number of hydrogen-bond donors (Lipinski definition) is 1. The van der Waals surface area contributed by atoms with E-state index >= 15 is 0 Å². The zero-order valence-electron chi connectivity index (χ0n) is 19.8. The van der Waals surface area contributed by atoms with E-state index in [1.165, 1.54) is 0 Å². The normalized spacial score (nSPS) is 17.3. The van der Waals surface area contributed by atoms with Crippen LogP contribution in [0.4, 0.5) is 0 Å². The lowest BCUT2D eigenvalue weighted by Crippen LogP contribution is -2.52. The molecular weight excluding hydrogens is 452 g/mol. The van der Waals surface area contributed by atoms with Gasteiger partial charge in [0.2, 0.25) is 11.8 Å². The summed E-state index contributed by atoms with van der Waals surface area (Å²) in [6.45, 7) is 0.333. The van der Waals surface area contributed by atoms with Gasteiger partial charge in [-0.05, 0) is 41.3 Å². The molecule has 36 heavy (non-hydrogen) atoms. The zero-order valence-corrected chi connectivity index (χ0v) is 19.8. The fourth-order valence-electron chi connectivity index (χ4n) is 5.18. The van der Waals surface area contributed by atoms with Crippen LogP contribution in [0, 0.1) is 0 Å². The summed E-state index contributed by atoms with van der Waals surface area (Å²) in [7, 11) is 1.97. The maximum atomic E-state index is 13.1. The minimum absolute atomic E-state index is 0.178.